The standard InChI is InChI=1S/C8H9ClN2O/c1-4-5(2)10-6(3)7(9)8(4)11-12/h1-3H3. The molecule has 1 heterocycles. The molecule has 1 aromatic rings. The summed E-state index contributed by atoms with van der Waals surface area (Å²) in [5, 5.41) is 3.22. The lowest BCUT2D eigenvalue weighted by Crippen LogP contribution is -1.92. The van der Waals surface area contributed by atoms with E-state index in [9.17, 15) is 4.91 Å². The second-order valence-electron chi connectivity index (χ2n) is 2.66. The van der Waals surface area contributed by atoms with E-state index < -0.39 is 0 Å². The summed E-state index contributed by atoms with van der Waals surface area (Å²) in [6.07, 6.45) is 0. The molecule has 1 aromatic heterocycles. The highest BCUT2D eigenvalue weighted by atomic mass is 35.5. The van der Waals surface area contributed by atoms with E-state index in [0.717, 1.165) is 11.3 Å². The van der Waals surface area contributed by atoms with Gasteiger partial charge >= 0.3 is 0 Å². The molecular weight excluding hydrogens is 176 g/mol. The summed E-state index contributed by atoms with van der Waals surface area (Å²) in [4.78, 5) is 14.5. The number of aryl methyl sites for hydroxylation is 2. The smallest absolute Gasteiger partial charge is 0.133 e. The lowest BCUT2D eigenvalue weighted by atomic mass is 10.2. The molecule has 12 heavy (non-hydrogen) atoms. The van der Waals surface area contributed by atoms with Crippen LogP contribution < -0.4 is 0 Å². The molecule has 3 nitrogen and oxygen atoms in total. The normalized spacial score (nSPS) is 10.0. The highest BCUT2D eigenvalue weighted by molar-refractivity contribution is 6.33. The molecule has 0 N–H and O–H groups in total. The summed E-state index contributed by atoms with van der Waals surface area (Å²) in [6, 6.07) is 0. The Balaban J connectivity index is 3.52. The molecule has 0 aromatic carbocycles. The van der Waals surface area contributed by atoms with E-state index in [1.165, 1.54) is 0 Å². The molecular formula is C8H9ClN2O. The second kappa shape index (κ2) is 3.19. The van der Waals surface area contributed by atoms with Crippen LogP contribution in [0.3, 0.4) is 0 Å². The lowest BCUT2D eigenvalue weighted by molar-refractivity contribution is 1.08. The van der Waals surface area contributed by atoms with E-state index >= 15 is 0 Å². The Kier molecular flexibility index (Phi) is 2.43. The predicted molar refractivity (Wildman–Crippen MR) is 48.9 cm³/mol. The van der Waals surface area contributed by atoms with Crippen LogP contribution in [0.2, 0.25) is 5.02 Å². The van der Waals surface area contributed by atoms with Gasteiger partial charge in [-0.2, -0.15) is 0 Å². The van der Waals surface area contributed by atoms with Crippen molar-refractivity contribution in [1.82, 2.24) is 4.98 Å². The molecule has 0 radical (unpaired) electrons. The fraction of sp³-hybridized carbons (Fsp3) is 0.375. The third kappa shape index (κ3) is 1.32. The summed E-state index contributed by atoms with van der Waals surface area (Å²) in [5.41, 5.74) is 2.50. The minimum atomic E-state index is 0.307. The van der Waals surface area contributed by atoms with Crippen LogP contribution >= 0.6 is 11.6 Å². The van der Waals surface area contributed by atoms with Crippen molar-refractivity contribution in [2.75, 3.05) is 0 Å². The van der Waals surface area contributed by atoms with Crippen molar-refractivity contribution in [1.29, 1.82) is 0 Å². The van der Waals surface area contributed by atoms with E-state index in [1.807, 2.05) is 6.92 Å². The van der Waals surface area contributed by atoms with Crippen molar-refractivity contribution in [2.45, 2.75) is 20.8 Å². The van der Waals surface area contributed by atoms with Crippen LogP contribution in [0.1, 0.15) is 17.0 Å². The van der Waals surface area contributed by atoms with Crippen LogP contribution in [-0.2, 0) is 0 Å². The minimum absolute atomic E-state index is 0.307. The maximum absolute atomic E-state index is 10.4. The molecule has 0 unspecified atom stereocenters. The number of halogens is 1. The number of aromatic nitrogens is 1. The number of hydrogen-bond donors (Lipinski definition) is 0. The van der Waals surface area contributed by atoms with Crippen LogP contribution in [0.5, 0.6) is 0 Å². The SMILES string of the molecule is Cc1nc(C)c(Cl)c(N=O)c1C. The third-order valence-electron chi connectivity index (χ3n) is 1.85. The monoisotopic (exact) mass is 184 g/mol. The molecule has 0 amide bonds. The molecule has 0 aliphatic rings. The van der Waals surface area contributed by atoms with Gasteiger partial charge in [0.25, 0.3) is 0 Å². The van der Waals surface area contributed by atoms with Crippen LogP contribution in [0, 0.1) is 25.7 Å². The van der Waals surface area contributed by atoms with Crippen LogP contribution in [0.4, 0.5) is 5.69 Å². The summed E-state index contributed by atoms with van der Waals surface area (Å²) in [7, 11) is 0. The molecule has 0 bridgehead atoms. The van der Waals surface area contributed by atoms with E-state index in [1.54, 1.807) is 13.8 Å². The highest BCUT2D eigenvalue weighted by Crippen LogP contribution is 2.31. The van der Waals surface area contributed by atoms with Crippen LogP contribution in [-0.4, -0.2) is 4.98 Å². The molecule has 0 saturated carbocycles. The largest absolute Gasteiger partial charge is 0.256 e. The Labute approximate surface area is 75.7 Å². The Morgan fingerprint density at radius 3 is 2.33 bits per heavy atom. The third-order valence-corrected chi connectivity index (χ3v) is 2.30. The maximum atomic E-state index is 10.4. The first kappa shape index (κ1) is 9.13. The van der Waals surface area contributed by atoms with Crippen molar-refractivity contribution in [3.8, 4) is 0 Å². The Bertz CT molecular complexity index is 310. The molecule has 1 rings (SSSR count). The summed E-state index contributed by atoms with van der Waals surface area (Å²) >= 11 is 5.81. The maximum Gasteiger partial charge on any atom is 0.133 e. The van der Waals surface area contributed by atoms with E-state index in [4.69, 9.17) is 11.6 Å². The first-order valence-corrected chi connectivity index (χ1v) is 3.92. The fourth-order valence-electron chi connectivity index (χ4n) is 1.00. The van der Waals surface area contributed by atoms with Gasteiger partial charge in [0.1, 0.15) is 5.69 Å². The van der Waals surface area contributed by atoms with Gasteiger partial charge in [-0.1, -0.05) is 11.6 Å². The molecule has 0 aliphatic heterocycles. The molecule has 0 saturated heterocycles. The predicted octanol–water partition coefficient (Wildman–Crippen LogP) is 3.06. The zero-order chi connectivity index (χ0) is 9.30. The van der Waals surface area contributed by atoms with Gasteiger partial charge in [-0.25, -0.2) is 0 Å². The first-order valence-electron chi connectivity index (χ1n) is 3.54. The molecule has 0 spiro atoms. The highest BCUT2D eigenvalue weighted by Gasteiger charge is 2.10. The van der Waals surface area contributed by atoms with Gasteiger partial charge < -0.3 is 0 Å². The van der Waals surface area contributed by atoms with E-state index in [2.05, 4.69) is 10.2 Å². The van der Waals surface area contributed by atoms with E-state index in [0.29, 0.717) is 16.4 Å². The first-order chi connectivity index (χ1) is 5.57. The Morgan fingerprint density at radius 2 is 1.83 bits per heavy atom. The van der Waals surface area contributed by atoms with Gasteiger partial charge in [-0.3, -0.25) is 4.98 Å². The van der Waals surface area contributed by atoms with Crippen molar-refractivity contribution in [2.24, 2.45) is 5.18 Å². The van der Waals surface area contributed by atoms with Crippen molar-refractivity contribution < 1.29 is 0 Å². The molecule has 0 atom stereocenters. The van der Waals surface area contributed by atoms with Crippen molar-refractivity contribution in [3.63, 3.8) is 0 Å². The number of hydrogen-bond acceptors (Lipinski definition) is 3. The summed E-state index contributed by atoms with van der Waals surface area (Å²) in [6.45, 7) is 5.36. The topological polar surface area (TPSA) is 42.3 Å². The average Bonchev–Trinajstić information content (AvgIpc) is 2.02. The zero-order valence-corrected chi connectivity index (χ0v) is 7.94. The minimum Gasteiger partial charge on any atom is -0.256 e. The van der Waals surface area contributed by atoms with Gasteiger partial charge in [-0.15, -0.1) is 4.91 Å². The Morgan fingerprint density at radius 1 is 1.25 bits per heavy atom. The number of nitroso groups, excluding NO2 is 1. The number of nitrogens with zero attached hydrogens (tertiary/aromatic N) is 2. The molecule has 4 heteroatoms. The summed E-state index contributed by atoms with van der Waals surface area (Å²) in [5.74, 6) is 0. The summed E-state index contributed by atoms with van der Waals surface area (Å²) < 4.78 is 0. The number of rotatable bonds is 1. The van der Waals surface area contributed by atoms with Gasteiger partial charge in [0.2, 0.25) is 0 Å². The second-order valence-corrected chi connectivity index (χ2v) is 3.04. The van der Waals surface area contributed by atoms with Crippen LogP contribution in [0.25, 0.3) is 0 Å². The van der Waals surface area contributed by atoms with Gasteiger partial charge in [0.05, 0.1) is 10.7 Å². The molecule has 64 valence electrons. The number of pyridine rings is 1. The van der Waals surface area contributed by atoms with Gasteiger partial charge in [0.15, 0.2) is 0 Å². The quantitative estimate of drug-likeness (QED) is 0.630. The van der Waals surface area contributed by atoms with Gasteiger partial charge in [-0.05, 0) is 25.9 Å². The molecule has 0 fully saturated rings. The van der Waals surface area contributed by atoms with E-state index in [-0.39, 0.29) is 0 Å². The van der Waals surface area contributed by atoms with Crippen molar-refractivity contribution in [3.05, 3.63) is 26.9 Å². The van der Waals surface area contributed by atoms with Crippen molar-refractivity contribution >= 4 is 17.3 Å². The fourth-order valence-corrected chi connectivity index (χ4v) is 1.22. The zero-order valence-electron chi connectivity index (χ0n) is 7.18. The average molecular weight is 185 g/mol. The van der Waals surface area contributed by atoms with Crippen LogP contribution in [0.15, 0.2) is 5.18 Å². The Hall–Kier alpha value is -0.960. The van der Waals surface area contributed by atoms with Gasteiger partial charge in [0, 0.05) is 11.3 Å². The lowest BCUT2D eigenvalue weighted by Gasteiger charge is -2.05. The molecule has 0 aliphatic carbocycles.